The van der Waals surface area contributed by atoms with Crippen LogP contribution in [0.15, 0.2) is 18.2 Å². The lowest BCUT2D eigenvalue weighted by Gasteiger charge is -2.30. The number of nitrogens with zero attached hydrogens (tertiary/aromatic N) is 2. The van der Waals surface area contributed by atoms with E-state index >= 15 is 0 Å². The molecule has 1 aliphatic rings. The molecule has 1 aromatic rings. The number of aryl methyl sites for hydroxylation is 1. The highest BCUT2D eigenvalue weighted by Gasteiger charge is 2.23. The lowest BCUT2D eigenvalue weighted by molar-refractivity contribution is -0.385. The first-order chi connectivity index (χ1) is 9.52. The number of amides is 1. The van der Waals surface area contributed by atoms with E-state index in [0.717, 1.165) is 12.8 Å². The quantitative estimate of drug-likeness (QED) is 0.673. The van der Waals surface area contributed by atoms with Crippen LogP contribution in [0, 0.1) is 10.1 Å². The third-order valence-electron chi connectivity index (χ3n) is 3.74. The Morgan fingerprint density at radius 2 is 2.10 bits per heavy atom. The summed E-state index contributed by atoms with van der Waals surface area (Å²) < 4.78 is 0. The molecule has 0 aliphatic carbocycles. The summed E-state index contributed by atoms with van der Waals surface area (Å²) in [6.07, 6.45) is 2.13. The number of carbonyl (C=O) groups is 1. The van der Waals surface area contributed by atoms with E-state index in [1.807, 2.05) is 6.92 Å². The Morgan fingerprint density at radius 1 is 1.45 bits per heavy atom. The Morgan fingerprint density at radius 3 is 2.65 bits per heavy atom. The van der Waals surface area contributed by atoms with E-state index in [-0.39, 0.29) is 17.6 Å². The van der Waals surface area contributed by atoms with Crippen LogP contribution < -0.4 is 5.73 Å². The van der Waals surface area contributed by atoms with Crippen LogP contribution in [0.5, 0.6) is 0 Å². The number of carbonyl (C=O) groups excluding carboxylic acids is 1. The van der Waals surface area contributed by atoms with Gasteiger partial charge in [-0.3, -0.25) is 14.9 Å². The van der Waals surface area contributed by atoms with Crippen LogP contribution in [-0.4, -0.2) is 34.9 Å². The van der Waals surface area contributed by atoms with Crippen molar-refractivity contribution in [2.45, 2.75) is 32.2 Å². The summed E-state index contributed by atoms with van der Waals surface area (Å²) in [5.41, 5.74) is 6.86. The minimum Gasteiger partial charge on any atom is -0.339 e. The van der Waals surface area contributed by atoms with Crippen LogP contribution in [-0.2, 0) is 6.42 Å². The lowest BCUT2D eigenvalue weighted by Crippen LogP contribution is -2.42. The average molecular weight is 277 g/mol. The molecule has 2 N–H and O–H groups in total. The molecule has 0 atom stereocenters. The molecule has 1 saturated heterocycles. The van der Waals surface area contributed by atoms with Crippen molar-refractivity contribution >= 4 is 11.6 Å². The summed E-state index contributed by atoms with van der Waals surface area (Å²) in [4.78, 5) is 24.7. The van der Waals surface area contributed by atoms with Gasteiger partial charge in [-0.2, -0.15) is 0 Å². The molecule has 0 radical (unpaired) electrons. The Kier molecular flexibility index (Phi) is 4.34. The molecule has 108 valence electrons. The summed E-state index contributed by atoms with van der Waals surface area (Å²) in [5.74, 6) is -0.150. The molecule has 0 aromatic heterocycles. The number of likely N-dealkylation sites (tertiary alicyclic amines) is 1. The minimum atomic E-state index is -0.429. The lowest BCUT2D eigenvalue weighted by atomic mass is 10.0. The van der Waals surface area contributed by atoms with Gasteiger partial charge in [-0.05, 0) is 25.3 Å². The smallest absolute Gasteiger partial charge is 0.273 e. The number of hydrogen-bond donors (Lipinski definition) is 1. The van der Waals surface area contributed by atoms with Gasteiger partial charge in [0.1, 0.15) is 0 Å². The average Bonchev–Trinajstić information content (AvgIpc) is 2.46. The van der Waals surface area contributed by atoms with Gasteiger partial charge in [0, 0.05) is 36.3 Å². The summed E-state index contributed by atoms with van der Waals surface area (Å²) >= 11 is 0. The predicted octanol–water partition coefficient (Wildman–Crippen LogP) is 1.72. The first-order valence-electron chi connectivity index (χ1n) is 6.85. The zero-order chi connectivity index (χ0) is 14.7. The highest BCUT2D eigenvalue weighted by Crippen LogP contribution is 2.22. The molecular weight excluding hydrogens is 258 g/mol. The molecule has 6 heteroatoms. The number of piperidine rings is 1. The van der Waals surface area contributed by atoms with Crippen molar-refractivity contribution in [1.82, 2.24) is 4.90 Å². The Labute approximate surface area is 117 Å². The summed E-state index contributed by atoms with van der Waals surface area (Å²) in [7, 11) is 0. The minimum absolute atomic E-state index is 0.0204. The highest BCUT2D eigenvalue weighted by molar-refractivity contribution is 5.95. The van der Waals surface area contributed by atoms with Gasteiger partial charge in [-0.15, -0.1) is 0 Å². The van der Waals surface area contributed by atoms with Crippen molar-refractivity contribution < 1.29 is 9.72 Å². The third kappa shape index (κ3) is 2.96. The van der Waals surface area contributed by atoms with Crippen LogP contribution in [0.4, 0.5) is 5.69 Å². The molecule has 1 fully saturated rings. The highest BCUT2D eigenvalue weighted by atomic mass is 16.6. The molecule has 0 bridgehead atoms. The molecule has 0 saturated carbocycles. The molecule has 1 aromatic carbocycles. The van der Waals surface area contributed by atoms with E-state index in [2.05, 4.69) is 0 Å². The van der Waals surface area contributed by atoms with Gasteiger partial charge in [0.05, 0.1) is 4.92 Å². The fraction of sp³-hybridized carbons (Fsp3) is 0.500. The van der Waals surface area contributed by atoms with E-state index in [9.17, 15) is 14.9 Å². The molecule has 0 unspecified atom stereocenters. The van der Waals surface area contributed by atoms with Crippen LogP contribution in [0.25, 0.3) is 0 Å². The number of hydrogen-bond acceptors (Lipinski definition) is 4. The number of nitrogens with two attached hydrogens (primary N) is 1. The first-order valence-corrected chi connectivity index (χ1v) is 6.85. The third-order valence-corrected chi connectivity index (χ3v) is 3.74. The maximum Gasteiger partial charge on any atom is 0.273 e. The monoisotopic (exact) mass is 277 g/mol. The van der Waals surface area contributed by atoms with Gasteiger partial charge in [0.15, 0.2) is 0 Å². The van der Waals surface area contributed by atoms with Crippen molar-refractivity contribution in [3.8, 4) is 0 Å². The standard InChI is InChI=1S/C14H19N3O3/c1-2-10-3-4-11(9-13(10)17(19)20)14(18)16-7-5-12(15)6-8-16/h3-4,9,12H,2,5-8,15H2,1H3. The van der Waals surface area contributed by atoms with Gasteiger partial charge in [-0.25, -0.2) is 0 Å². The summed E-state index contributed by atoms with van der Waals surface area (Å²) in [5, 5.41) is 11.0. The van der Waals surface area contributed by atoms with Crippen LogP contribution >= 0.6 is 0 Å². The normalized spacial score (nSPS) is 16.2. The topological polar surface area (TPSA) is 89.5 Å². The summed E-state index contributed by atoms with van der Waals surface area (Å²) in [6, 6.07) is 4.87. The van der Waals surface area contributed by atoms with E-state index in [4.69, 9.17) is 5.73 Å². The van der Waals surface area contributed by atoms with Crippen molar-refractivity contribution in [3.05, 3.63) is 39.4 Å². The second kappa shape index (κ2) is 6.00. The van der Waals surface area contributed by atoms with E-state index in [1.165, 1.54) is 6.07 Å². The van der Waals surface area contributed by atoms with E-state index in [1.54, 1.807) is 17.0 Å². The Hall–Kier alpha value is -1.95. The van der Waals surface area contributed by atoms with E-state index in [0.29, 0.717) is 30.6 Å². The molecule has 0 spiro atoms. The largest absolute Gasteiger partial charge is 0.339 e. The van der Waals surface area contributed by atoms with Crippen LogP contribution in [0.1, 0.15) is 35.7 Å². The zero-order valence-electron chi connectivity index (χ0n) is 11.5. The predicted molar refractivity (Wildman–Crippen MR) is 75.6 cm³/mol. The molecule has 1 amide bonds. The Bertz CT molecular complexity index is 522. The second-order valence-corrected chi connectivity index (χ2v) is 5.08. The maximum atomic E-state index is 12.3. The van der Waals surface area contributed by atoms with Crippen molar-refractivity contribution in [2.24, 2.45) is 5.73 Å². The SMILES string of the molecule is CCc1ccc(C(=O)N2CCC(N)CC2)cc1[N+](=O)[O-]. The van der Waals surface area contributed by atoms with Gasteiger partial charge < -0.3 is 10.6 Å². The number of nitro benzene ring substituents is 1. The van der Waals surface area contributed by atoms with Crippen molar-refractivity contribution in [2.75, 3.05) is 13.1 Å². The number of rotatable bonds is 3. The molecule has 6 nitrogen and oxygen atoms in total. The van der Waals surface area contributed by atoms with E-state index < -0.39 is 4.92 Å². The van der Waals surface area contributed by atoms with Gasteiger partial charge in [0.2, 0.25) is 0 Å². The molecule has 1 heterocycles. The van der Waals surface area contributed by atoms with Crippen molar-refractivity contribution in [1.29, 1.82) is 0 Å². The first kappa shape index (κ1) is 14.5. The summed E-state index contributed by atoms with van der Waals surface area (Å²) in [6.45, 7) is 3.09. The molecule has 20 heavy (non-hydrogen) atoms. The van der Waals surface area contributed by atoms with Gasteiger partial charge >= 0.3 is 0 Å². The fourth-order valence-corrected chi connectivity index (χ4v) is 2.45. The Balaban J connectivity index is 2.22. The van der Waals surface area contributed by atoms with Gasteiger partial charge in [0.25, 0.3) is 11.6 Å². The van der Waals surface area contributed by atoms with Crippen LogP contribution in [0.2, 0.25) is 0 Å². The molecule has 2 rings (SSSR count). The number of benzene rings is 1. The fourth-order valence-electron chi connectivity index (χ4n) is 2.45. The zero-order valence-corrected chi connectivity index (χ0v) is 11.5. The second-order valence-electron chi connectivity index (χ2n) is 5.08. The van der Waals surface area contributed by atoms with Crippen molar-refractivity contribution in [3.63, 3.8) is 0 Å². The van der Waals surface area contributed by atoms with Gasteiger partial charge in [-0.1, -0.05) is 13.0 Å². The number of nitro groups is 1. The molecule has 1 aliphatic heterocycles. The molecular formula is C14H19N3O3. The van der Waals surface area contributed by atoms with Crippen LogP contribution in [0.3, 0.4) is 0 Å². The maximum absolute atomic E-state index is 12.3.